The predicted octanol–water partition coefficient (Wildman–Crippen LogP) is 3.56. The van der Waals surface area contributed by atoms with Gasteiger partial charge in [-0.05, 0) is 29.8 Å². The average Bonchev–Trinajstić information content (AvgIpc) is 2.50. The quantitative estimate of drug-likeness (QED) is 0.651. The van der Waals surface area contributed by atoms with Crippen LogP contribution >= 0.6 is 23.2 Å². The van der Waals surface area contributed by atoms with Gasteiger partial charge in [-0.25, -0.2) is 5.43 Å². The molecule has 0 saturated carbocycles. The summed E-state index contributed by atoms with van der Waals surface area (Å²) in [6, 6.07) is 10.6. The van der Waals surface area contributed by atoms with Crippen molar-refractivity contribution in [1.82, 2.24) is 5.43 Å². The molecule has 0 radical (unpaired) electrons. The number of halogens is 2. The van der Waals surface area contributed by atoms with Crippen LogP contribution in [-0.2, 0) is 0 Å². The van der Waals surface area contributed by atoms with Crippen LogP contribution < -0.4 is 20.7 Å². The molecule has 0 aliphatic carbocycles. The van der Waals surface area contributed by atoms with Crippen molar-refractivity contribution < 1.29 is 9.47 Å². The zero-order valence-electron chi connectivity index (χ0n) is 11.7. The number of nitrogens with one attached hydrogen (secondary N) is 1. The number of hydrogen-bond donors (Lipinski definition) is 2. The van der Waals surface area contributed by atoms with Crippen molar-refractivity contribution in [2.75, 3.05) is 14.2 Å². The topological polar surface area (TPSA) is 56.5 Å². The van der Waals surface area contributed by atoms with E-state index in [1.165, 1.54) is 0 Å². The molecule has 2 aromatic rings. The van der Waals surface area contributed by atoms with E-state index in [0.29, 0.717) is 21.5 Å². The minimum atomic E-state index is -0.275. The SMILES string of the molecule is COc1cc(C(NN)c2ccc(Cl)cc2OC)ccc1Cl. The molecule has 112 valence electrons. The number of benzene rings is 2. The lowest BCUT2D eigenvalue weighted by Gasteiger charge is -2.20. The molecule has 0 amide bonds. The van der Waals surface area contributed by atoms with Gasteiger partial charge >= 0.3 is 0 Å². The third-order valence-corrected chi connectivity index (χ3v) is 3.73. The molecule has 0 spiro atoms. The third kappa shape index (κ3) is 3.41. The number of nitrogens with two attached hydrogens (primary N) is 1. The summed E-state index contributed by atoms with van der Waals surface area (Å²) in [6.07, 6.45) is 0. The van der Waals surface area contributed by atoms with Gasteiger partial charge in [0.15, 0.2) is 0 Å². The second kappa shape index (κ2) is 7.00. The Labute approximate surface area is 133 Å². The first-order chi connectivity index (χ1) is 10.1. The van der Waals surface area contributed by atoms with Gasteiger partial charge in [0.25, 0.3) is 0 Å². The van der Waals surface area contributed by atoms with E-state index in [2.05, 4.69) is 5.43 Å². The van der Waals surface area contributed by atoms with Crippen LogP contribution in [0.1, 0.15) is 17.2 Å². The number of rotatable bonds is 5. The van der Waals surface area contributed by atoms with Crippen LogP contribution in [0.2, 0.25) is 10.0 Å². The normalized spacial score (nSPS) is 12.0. The summed E-state index contributed by atoms with van der Waals surface area (Å²) in [7, 11) is 3.16. The van der Waals surface area contributed by atoms with E-state index in [0.717, 1.165) is 11.1 Å². The van der Waals surface area contributed by atoms with Gasteiger partial charge < -0.3 is 9.47 Å². The zero-order valence-corrected chi connectivity index (χ0v) is 13.2. The maximum atomic E-state index is 6.05. The molecule has 0 heterocycles. The molecule has 4 nitrogen and oxygen atoms in total. The summed E-state index contributed by atoms with van der Waals surface area (Å²) in [4.78, 5) is 0. The zero-order chi connectivity index (χ0) is 15.4. The largest absolute Gasteiger partial charge is 0.496 e. The smallest absolute Gasteiger partial charge is 0.137 e. The molecule has 2 rings (SSSR count). The van der Waals surface area contributed by atoms with Crippen LogP contribution in [0.3, 0.4) is 0 Å². The van der Waals surface area contributed by atoms with Crippen LogP contribution in [-0.4, -0.2) is 14.2 Å². The molecule has 0 bridgehead atoms. The molecule has 0 saturated heterocycles. The Hall–Kier alpha value is -1.46. The second-order valence-corrected chi connectivity index (χ2v) is 5.22. The molecular formula is C15H16Cl2N2O2. The van der Waals surface area contributed by atoms with Crippen LogP contribution in [0.4, 0.5) is 0 Å². The lowest BCUT2D eigenvalue weighted by Crippen LogP contribution is -2.29. The first-order valence-corrected chi connectivity index (χ1v) is 6.99. The molecule has 0 aliphatic heterocycles. The van der Waals surface area contributed by atoms with E-state index < -0.39 is 0 Å². The van der Waals surface area contributed by atoms with E-state index in [-0.39, 0.29) is 6.04 Å². The van der Waals surface area contributed by atoms with Gasteiger partial charge in [-0.15, -0.1) is 0 Å². The first kappa shape index (κ1) is 15.9. The molecule has 0 fully saturated rings. The van der Waals surface area contributed by atoms with E-state index in [9.17, 15) is 0 Å². The van der Waals surface area contributed by atoms with Crippen LogP contribution in [0, 0.1) is 0 Å². The van der Waals surface area contributed by atoms with Gasteiger partial charge in [0.05, 0.1) is 25.3 Å². The summed E-state index contributed by atoms with van der Waals surface area (Å²) < 4.78 is 10.6. The first-order valence-electron chi connectivity index (χ1n) is 6.23. The van der Waals surface area contributed by atoms with Crippen LogP contribution in [0.15, 0.2) is 36.4 Å². The van der Waals surface area contributed by atoms with Crippen LogP contribution in [0.25, 0.3) is 0 Å². The lowest BCUT2D eigenvalue weighted by molar-refractivity contribution is 0.403. The number of ether oxygens (including phenoxy) is 2. The van der Waals surface area contributed by atoms with Gasteiger partial charge in [-0.3, -0.25) is 5.84 Å². The maximum absolute atomic E-state index is 6.05. The molecule has 1 unspecified atom stereocenters. The van der Waals surface area contributed by atoms with E-state index >= 15 is 0 Å². The standard InChI is InChI=1S/C15H16Cl2N2O2/c1-20-13-8-10(16)4-5-11(13)15(19-18)9-3-6-12(17)14(7-9)21-2/h3-8,15,19H,18H2,1-2H3. The fraction of sp³-hybridized carbons (Fsp3) is 0.200. The summed E-state index contributed by atoms with van der Waals surface area (Å²) in [5.41, 5.74) is 4.55. The Bertz CT molecular complexity index is 635. The Kier molecular flexibility index (Phi) is 5.31. The third-order valence-electron chi connectivity index (χ3n) is 3.18. The van der Waals surface area contributed by atoms with Gasteiger partial charge in [-0.1, -0.05) is 35.3 Å². The molecule has 0 aromatic heterocycles. The highest BCUT2D eigenvalue weighted by atomic mass is 35.5. The Balaban J connectivity index is 2.49. The molecule has 6 heteroatoms. The Morgan fingerprint density at radius 1 is 1.00 bits per heavy atom. The molecule has 2 aromatic carbocycles. The van der Waals surface area contributed by atoms with Crippen molar-refractivity contribution in [3.05, 3.63) is 57.6 Å². The van der Waals surface area contributed by atoms with Gasteiger partial charge in [-0.2, -0.15) is 0 Å². The van der Waals surface area contributed by atoms with Crippen molar-refractivity contribution in [2.45, 2.75) is 6.04 Å². The Morgan fingerprint density at radius 2 is 1.71 bits per heavy atom. The summed E-state index contributed by atoms with van der Waals surface area (Å²) in [6.45, 7) is 0. The van der Waals surface area contributed by atoms with Crippen molar-refractivity contribution >= 4 is 23.2 Å². The van der Waals surface area contributed by atoms with E-state index in [1.54, 1.807) is 32.4 Å². The summed E-state index contributed by atoms with van der Waals surface area (Å²) >= 11 is 12.0. The van der Waals surface area contributed by atoms with Crippen LogP contribution in [0.5, 0.6) is 11.5 Å². The highest BCUT2D eigenvalue weighted by Crippen LogP contribution is 2.34. The second-order valence-electron chi connectivity index (χ2n) is 4.38. The lowest BCUT2D eigenvalue weighted by atomic mass is 9.98. The minimum absolute atomic E-state index is 0.275. The number of hydrogen-bond acceptors (Lipinski definition) is 4. The minimum Gasteiger partial charge on any atom is -0.496 e. The van der Waals surface area contributed by atoms with Gasteiger partial charge in [0, 0.05) is 10.6 Å². The maximum Gasteiger partial charge on any atom is 0.137 e. The number of hydrazine groups is 1. The van der Waals surface area contributed by atoms with Crippen molar-refractivity contribution in [1.29, 1.82) is 0 Å². The molecular weight excluding hydrogens is 311 g/mol. The molecule has 0 aliphatic rings. The molecule has 21 heavy (non-hydrogen) atoms. The fourth-order valence-electron chi connectivity index (χ4n) is 2.14. The Morgan fingerprint density at radius 3 is 2.33 bits per heavy atom. The molecule has 3 N–H and O–H groups in total. The van der Waals surface area contributed by atoms with Crippen molar-refractivity contribution in [3.63, 3.8) is 0 Å². The number of methoxy groups -OCH3 is 2. The highest BCUT2D eigenvalue weighted by molar-refractivity contribution is 6.32. The van der Waals surface area contributed by atoms with E-state index in [4.69, 9.17) is 38.5 Å². The van der Waals surface area contributed by atoms with Crippen molar-refractivity contribution in [3.8, 4) is 11.5 Å². The van der Waals surface area contributed by atoms with Gasteiger partial charge in [0.2, 0.25) is 0 Å². The fourth-order valence-corrected chi connectivity index (χ4v) is 2.50. The predicted molar refractivity (Wildman–Crippen MR) is 85.2 cm³/mol. The molecule has 1 atom stereocenters. The van der Waals surface area contributed by atoms with E-state index in [1.807, 2.05) is 18.2 Å². The average molecular weight is 327 g/mol. The monoisotopic (exact) mass is 326 g/mol. The highest BCUT2D eigenvalue weighted by Gasteiger charge is 2.18. The van der Waals surface area contributed by atoms with Gasteiger partial charge in [0.1, 0.15) is 11.5 Å². The van der Waals surface area contributed by atoms with Crippen molar-refractivity contribution in [2.24, 2.45) is 5.84 Å². The summed E-state index contributed by atoms with van der Waals surface area (Å²) in [5, 5.41) is 1.14. The summed E-state index contributed by atoms with van der Waals surface area (Å²) in [5.74, 6) is 6.95.